The van der Waals surface area contributed by atoms with E-state index in [2.05, 4.69) is 15.1 Å². The predicted octanol–water partition coefficient (Wildman–Crippen LogP) is -0.344. The highest BCUT2D eigenvalue weighted by Crippen LogP contribution is 2.16. The Kier molecular flexibility index (Phi) is 3.95. The number of aromatic amines is 1. The van der Waals surface area contributed by atoms with E-state index in [0.717, 1.165) is 13.0 Å². The van der Waals surface area contributed by atoms with Gasteiger partial charge < -0.3 is 15.6 Å². The van der Waals surface area contributed by atoms with E-state index >= 15 is 0 Å². The van der Waals surface area contributed by atoms with Gasteiger partial charge in [-0.15, -0.1) is 0 Å². The van der Waals surface area contributed by atoms with E-state index in [4.69, 9.17) is 15.6 Å². The zero-order valence-electron chi connectivity index (χ0n) is 10.3. The average molecular weight is 254 g/mol. The molecule has 0 unspecified atom stereocenters. The molecule has 1 aromatic heterocycles. The summed E-state index contributed by atoms with van der Waals surface area (Å²) < 4.78 is 5.32. The number of aromatic nitrogens is 2. The number of H-pyrrole nitrogens is 1. The number of piperidine rings is 1. The molecule has 100 valence electrons. The molecule has 0 aromatic carbocycles. The van der Waals surface area contributed by atoms with Gasteiger partial charge in [0.15, 0.2) is 0 Å². The van der Waals surface area contributed by atoms with E-state index in [9.17, 15) is 4.79 Å². The molecule has 0 amide bonds. The molecule has 1 aromatic rings. The van der Waals surface area contributed by atoms with Crippen molar-refractivity contribution in [2.75, 3.05) is 20.2 Å². The molecular formula is C11H18N4O3. The van der Waals surface area contributed by atoms with Crippen LogP contribution < -0.4 is 5.73 Å². The second-order valence-electron chi connectivity index (χ2n) is 4.54. The molecule has 1 aliphatic heterocycles. The van der Waals surface area contributed by atoms with Gasteiger partial charge in [-0.2, -0.15) is 5.10 Å². The molecule has 7 nitrogen and oxygen atoms in total. The highest BCUT2D eigenvalue weighted by molar-refractivity contribution is 5.86. The summed E-state index contributed by atoms with van der Waals surface area (Å²) >= 11 is 0. The minimum Gasteiger partial charge on any atom is -0.477 e. The van der Waals surface area contributed by atoms with Crippen LogP contribution in [0.4, 0.5) is 0 Å². The van der Waals surface area contributed by atoms with Crippen molar-refractivity contribution < 1.29 is 14.6 Å². The van der Waals surface area contributed by atoms with Gasteiger partial charge in [0, 0.05) is 38.3 Å². The van der Waals surface area contributed by atoms with Gasteiger partial charge in [-0.1, -0.05) is 0 Å². The first kappa shape index (κ1) is 13.0. The van der Waals surface area contributed by atoms with Crippen LogP contribution in [0.5, 0.6) is 0 Å². The molecule has 2 rings (SSSR count). The average Bonchev–Trinajstić information content (AvgIpc) is 2.80. The Morgan fingerprint density at radius 2 is 2.56 bits per heavy atom. The quantitative estimate of drug-likeness (QED) is 0.678. The largest absolute Gasteiger partial charge is 0.477 e. The number of carbonyl (C=O) groups is 1. The molecule has 0 spiro atoms. The molecule has 18 heavy (non-hydrogen) atoms. The van der Waals surface area contributed by atoms with Crippen molar-refractivity contribution in [1.82, 2.24) is 15.1 Å². The van der Waals surface area contributed by atoms with Crippen molar-refractivity contribution >= 4 is 5.97 Å². The number of carboxylic acid groups (broad SMARTS) is 1. The van der Waals surface area contributed by atoms with E-state index in [1.54, 1.807) is 13.3 Å². The lowest BCUT2D eigenvalue weighted by atomic mass is 10.0. The molecule has 7 heteroatoms. The number of hydrogen-bond acceptors (Lipinski definition) is 5. The molecule has 0 aliphatic carbocycles. The Bertz CT molecular complexity index is 420. The lowest BCUT2D eigenvalue weighted by molar-refractivity contribution is 0.0139. The normalized spacial score (nSPS) is 25.2. The summed E-state index contributed by atoms with van der Waals surface area (Å²) in [7, 11) is 1.65. The number of nitrogens with zero attached hydrogens (tertiary/aromatic N) is 2. The lowest BCUT2D eigenvalue weighted by Gasteiger charge is -2.35. The summed E-state index contributed by atoms with van der Waals surface area (Å²) in [6.45, 7) is 2.10. The molecule has 0 bridgehead atoms. The second-order valence-corrected chi connectivity index (χ2v) is 4.54. The van der Waals surface area contributed by atoms with Crippen LogP contribution in [0.3, 0.4) is 0 Å². The van der Waals surface area contributed by atoms with Gasteiger partial charge in [0.2, 0.25) is 0 Å². The van der Waals surface area contributed by atoms with Crippen LogP contribution in [0.1, 0.15) is 22.5 Å². The number of methoxy groups -OCH3 is 1. The zero-order chi connectivity index (χ0) is 13.1. The summed E-state index contributed by atoms with van der Waals surface area (Å²) in [5.41, 5.74) is 6.78. The molecule has 0 saturated carbocycles. The number of aromatic carboxylic acids is 1. The molecule has 2 heterocycles. The first-order valence-corrected chi connectivity index (χ1v) is 5.88. The third-order valence-electron chi connectivity index (χ3n) is 3.32. The Morgan fingerprint density at radius 3 is 3.22 bits per heavy atom. The Hall–Kier alpha value is -1.44. The van der Waals surface area contributed by atoms with Crippen LogP contribution in [-0.4, -0.2) is 58.5 Å². The fourth-order valence-corrected chi connectivity index (χ4v) is 2.25. The zero-order valence-corrected chi connectivity index (χ0v) is 10.3. The fraction of sp³-hybridized carbons (Fsp3) is 0.636. The van der Waals surface area contributed by atoms with E-state index in [1.807, 2.05) is 0 Å². The van der Waals surface area contributed by atoms with Crippen molar-refractivity contribution in [3.05, 3.63) is 17.5 Å². The van der Waals surface area contributed by atoms with Gasteiger partial charge in [-0.05, 0) is 6.42 Å². The van der Waals surface area contributed by atoms with E-state index in [1.165, 1.54) is 0 Å². The highest BCUT2D eigenvalue weighted by Gasteiger charge is 2.27. The minimum atomic E-state index is -0.987. The molecule has 0 radical (unpaired) electrons. The monoisotopic (exact) mass is 254 g/mol. The number of likely N-dealkylation sites (tertiary alicyclic amines) is 1. The highest BCUT2D eigenvalue weighted by atomic mass is 16.5. The van der Waals surface area contributed by atoms with Gasteiger partial charge in [0.1, 0.15) is 5.69 Å². The lowest BCUT2D eigenvalue weighted by Crippen LogP contribution is -2.51. The van der Waals surface area contributed by atoms with Crippen LogP contribution in [-0.2, 0) is 11.3 Å². The molecule has 1 aliphatic rings. The molecule has 4 N–H and O–H groups in total. The number of nitrogens with one attached hydrogen (secondary N) is 1. The van der Waals surface area contributed by atoms with Crippen molar-refractivity contribution in [1.29, 1.82) is 0 Å². The van der Waals surface area contributed by atoms with Gasteiger partial charge in [-0.25, -0.2) is 4.79 Å². The topological polar surface area (TPSA) is 104 Å². The van der Waals surface area contributed by atoms with Crippen LogP contribution in [0, 0.1) is 0 Å². The van der Waals surface area contributed by atoms with Gasteiger partial charge in [-0.3, -0.25) is 10.00 Å². The van der Waals surface area contributed by atoms with Crippen LogP contribution in [0.25, 0.3) is 0 Å². The maximum atomic E-state index is 11.0. The summed E-state index contributed by atoms with van der Waals surface area (Å²) in [5, 5.41) is 15.3. The molecule has 1 saturated heterocycles. The SMILES string of the molecule is CO[C@H]1CN(Cc2cn[nH]c2C(=O)O)CC[C@H]1N. The first-order valence-electron chi connectivity index (χ1n) is 5.88. The number of ether oxygens (including phenoxy) is 1. The van der Waals surface area contributed by atoms with Gasteiger partial charge in [0.25, 0.3) is 0 Å². The number of hydrogen-bond donors (Lipinski definition) is 3. The van der Waals surface area contributed by atoms with E-state index in [-0.39, 0.29) is 17.8 Å². The van der Waals surface area contributed by atoms with Crippen LogP contribution in [0.2, 0.25) is 0 Å². The molecular weight excluding hydrogens is 236 g/mol. The Labute approximate surface area is 105 Å². The van der Waals surface area contributed by atoms with Crippen molar-refractivity contribution in [2.24, 2.45) is 5.73 Å². The number of rotatable bonds is 4. The predicted molar refractivity (Wildman–Crippen MR) is 64.2 cm³/mol. The fourth-order valence-electron chi connectivity index (χ4n) is 2.25. The smallest absolute Gasteiger partial charge is 0.354 e. The summed E-state index contributed by atoms with van der Waals surface area (Å²) in [4.78, 5) is 13.1. The van der Waals surface area contributed by atoms with Crippen LogP contribution in [0.15, 0.2) is 6.20 Å². The summed E-state index contributed by atoms with van der Waals surface area (Å²) in [5.74, 6) is -0.987. The van der Waals surface area contributed by atoms with E-state index < -0.39 is 5.97 Å². The van der Waals surface area contributed by atoms with Gasteiger partial charge >= 0.3 is 5.97 Å². The van der Waals surface area contributed by atoms with Crippen LogP contribution >= 0.6 is 0 Å². The Morgan fingerprint density at radius 1 is 1.78 bits per heavy atom. The molecule has 1 fully saturated rings. The number of carboxylic acids is 1. The third-order valence-corrected chi connectivity index (χ3v) is 3.32. The Balaban J connectivity index is 2.01. The van der Waals surface area contributed by atoms with Gasteiger partial charge in [0.05, 0.1) is 12.3 Å². The summed E-state index contributed by atoms with van der Waals surface area (Å²) in [6, 6.07) is 0.0505. The standard InChI is InChI=1S/C11H18N4O3/c1-18-9-6-15(3-2-8(9)12)5-7-4-13-14-10(7)11(16)17/h4,8-9H,2-3,5-6,12H2,1H3,(H,13,14)(H,16,17)/t8-,9+/m1/s1. The molecule has 2 atom stereocenters. The van der Waals surface area contributed by atoms with Crippen molar-refractivity contribution in [3.8, 4) is 0 Å². The first-order chi connectivity index (χ1) is 8.61. The van der Waals surface area contributed by atoms with Crippen molar-refractivity contribution in [3.63, 3.8) is 0 Å². The van der Waals surface area contributed by atoms with E-state index in [0.29, 0.717) is 18.7 Å². The number of nitrogens with two attached hydrogens (primary N) is 1. The minimum absolute atomic E-state index is 0.000992. The summed E-state index contributed by atoms with van der Waals surface area (Å²) in [6.07, 6.45) is 2.40. The van der Waals surface area contributed by atoms with Crippen molar-refractivity contribution in [2.45, 2.75) is 25.1 Å². The second kappa shape index (κ2) is 5.47. The third kappa shape index (κ3) is 2.69. The maximum absolute atomic E-state index is 11.0. The maximum Gasteiger partial charge on any atom is 0.354 e.